The fraction of sp³-hybridized carbons (Fsp3) is 0.238. The molecule has 4 rings (SSSR count). The normalized spacial score (nSPS) is 11.6. The van der Waals surface area contributed by atoms with Gasteiger partial charge in [-0.25, -0.2) is 13.9 Å². The number of nitrogens with zero attached hydrogens (tertiary/aromatic N) is 4. The maximum absolute atomic E-state index is 13.1. The molecule has 2 aromatic carbocycles. The van der Waals surface area contributed by atoms with Crippen LogP contribution in [0.4, 0.5) is 0 Å². The number of carbonyl (C=O) groups excluding carboxylic acids is 1. The molecule has 0 N–H and O–H groups in total. The number of aromatic nitrogens is 4. The van der Waals surface area contributed by atoms with Crippen LogP contribution in [0.15, 0.2) is 62.6 Å². The maximum Gasteiger partial charge on any atom is 0.352 e. The molecule has 0 aliphatic heterocycles. The van der Waals surface area contributed by atoms with Gasteiger partial charge >= 0.3 is 5.69 Å². The number of hydrogen-bond donors (Lipinski definition) is 0. The quantitative estimate of drug-likeness (QED) is 0.434. The van der Waals surface area contributed by atoms with Crippen molar-refractivity contribution < 1.29 is 4.79 Å². The highest BCUT2D eigenvalue weighted by molar-refractivity contribution is 9.10. The topological polar surface area (TPSA) is 78.4 Å². The molecule has 0 radical (unpaired) electrons. The van der Waals surface area contributed by atoms with E-state index < -0.39 is 5.69 Å². The minimum atomic E-state index is -0.445. The highest BCUT2D eigenvalue weighted by atomic mass is 79.9. The molecular formula is C21H19BrN4O3. The average Bonchev–Trinajstić information content (AvgIpc) is 3.01. The third-order valence-corrected chi connectivity index (χ3v) is 5.22. The van der Waals surface area contributed by atoms with Crippen LogP contribution in [0.2, 0.25) is 0 Å². The van der Waals surface area contributed by atoms with Gasteiger partial charge in [0.05, 0.1) is 10.9 Å². The zero-order valence-electron chi connectivity index (χ0n) is 16.0. The van der Waals surface area contributed by atoms with Crippen LogP contribution in [0.25, 0.3) is 16.7 Å². The fourth-order valence-electron chi connectivity index (χ4n) is 3.36. The van der Waals surface area contributed by atoms with E-state index >= 15 is 0 Å². The van der Waals surface area contributed by atoms with E-state index in [1.807, 2.05) is 13.8 Å². The molecular weight excluding hydrogens is 436 g/mol. The molecule has 0 aliphatic rings. The number of rotatable bonds is 5. The van der Waals surface area contributed by atoms with E-state index in [-0.39, 0.29) is 29.6 Å². The van der Waals surface area contributed by atoms with Gasteiger partial charge in [-0.05, 0) is 30.2 Å². The second kappa shape index (κ2) is 7.44. The van der Waals surface area contributed by atoms with Crippen molar-refractivity contribution in [1.29, 1.82) is 0 Å². The summed E-state index contributed by atoms with van der Waals surface area (Å²) in [6.45, 7) is 4.20. The maximum atomic E-state index is 13.1. The lowest BCUT2D eigenvalue weighted by atomic mass is 10.1. The van der Waals surface area contributed by atoms with E-state index in [9.17, 15) is 14.4 Å². The summed E-state index contributed by atoms with van der Waals surface area (Å²) in [6.07, 6.45) is 0. The van der Waals surface area contributed by atoms with Crippen LogP contribution in [-0.4, -0.2) is 24.5 Å². The van der Waals surface area contributed by atoms with Gasteiger partial charge in [0.1, 0.15) is 6.54 Å². The second-order valence-corrected chi connectivity index (χ2v) is 8.25. The van der Waals surface area contributed by atoms with Gasteiger partial charge < -0.3 is 0 Å². The molecule has 0 fully saturated rings. The smallest absolute Gasteiger partial charge is 0.292 e. The first kappa shape index (κ1) is 19.3. The van der Waals surface area contributed by atoms with Crippen LogP contribution in [0.5, 0.6) is 0 Å². The average molecular weight is 455 g/mol. The zero-order chi connectivity index (χ0) is 20.7. The number of ketones is 1. The molecule has 2 aromatic heterocycles. The zero-order valence-corrected chi connectivity index (χ0v) is 17.6. The number of Topliss-reactive ketones (excluding diaryl/α,β-unsaturated/α-hetero) is 1. The van der Waals surface area contributed by atoms with Crippen molar-refractivity contribution in [3.63, 3.8) is 0 Å². The predicted octanol–water partition coefficient (Wildman–Crippen LogP) is 3.11. The van der Waals surface area contributed by atoms with Crippen LogP contribution in [0.1, 0.15) is 24.2 Å². The van der Waals surface area contributed by atoms with Gasteiger partial charge in [0.15, 0.2) is 5.78 Å². The lowest BCUT2D eigenvalue weighted by Gasteiger charge is -2.11. The third kappa shape index (κ3) is 3.44. The standard InChI is InChI=1S/C21H19BrN4O3/c1-13(2)11-24-19(28)16-5-3-4-6-17(16)26-20(24)23-25(21(26)29)12-18(27)14-7-9-15(22)10-8-14/h3-10,13H,11-12H2,1-2H3. The number of hydrogen-bond acceptors (Lipinski definition) is 4. The first-order valence-corrected chi connectivity index (χ1v) is 10.1. The van der Waals surface area contributed by atoms with E-state index in [1.54, 1.807) is 48.5 Å². The number of carbonyl (C=O) groups is 1. The van der Waals surface area contributed by atoms with Gasteiger partial charge in [-0.2, -0.15) is 0 Å². The molecule has 0 saturated carbocycles. The van der Waals surface area contributed by atoms with Crippen molar-refractivity contribution in [2.24, 2.45) is 5.92 Å². The molecule has 8 heteroatoms. The second-order valence-electron chi connectivity index (χ2n) is 7.33. The monoisotopic (exact) mass is 454 g/mol. The summed E-state index contributed by atoms with van der Waals surface area (Å²) in [4.78, 5) is 38.8. The van der Waals surface area contributed by atoms with E-state index in [1.165, 1.54) is 8.97 Å². The van der Waals surface area contributed by atoms with Crippen molar-refractivity contribution in [3.8, 4) is 0 Å². The Labute approximate surface area is 174 Å². The Balaban J connectivity index is 1.91. The minimum absolute atomic E-state index is 0.183. The molecule has 7 nitrogen and oxygen atoms in total. The molecule has 2 heterocycles. The molecule has 4 aromatic rings. The molecule has 0 spiro atoms. The van der Waals surface area contributed by atoms with E-state index in [4.69, 9.17) is 0 Å². The molecule has 0 amide bonds. The van der Waals surface area contributed by atoms with Gasteiger partial charge in [0.25, 0.3) is 5.56 Å². The van der Waals surface area contributed by atoms with Crippen molar-refractivity contribution in [2.45, 2.75) is 26.9 Å². The Kier molecular flexibility index (Phi) is 4.96. The van der Waals surface area contributed by atoms with Crippen LogP contribution in [0, 0.1) is 5.92 Å². The van der Waals surface area contributed by atoms with E-state index in [0.29, 0.717) is 23.0 Å². The van der Waals surface area contributed by atoms with Crippen LogP contribution in [-0.2, 0) is 13.1 Å². The van der Waals surface area contributed by atoms with Crippen molar-refractivity contribution in [1.82, 2.24) is 18.7 Å². The van der Waals surface area contributed by atoms with Gasteiger partial charge in [0, 0.05) is 16.6 Å². The van der Waals surface area contributed by atoms with Gasteiger partial charge in [0.2, 0.25) is 5.78 Å². The summed E-state index contributed by atoms with van der Waals surface area (Å²) in [5, 5.41) is 4.81. The number of para-hydroxylation sites is 1. The summed E-state index contributed by atoms with van der Waals surface area (Å²) >= 11 is 3.34. The van der Waals surface area contributed by atoms with Crippen LogP contribution < -0.4 is 11.2 Å². The Hall–Kier alpha value is -3.00. The first-order valence-electron chi connectivity index (χ1n) is 9.26. The Morgan fingerprint density at radius 3 is 2.45 bits per heavy atom. The number of fused-ring (bicyclic) bond motifs is 3. The summed E-state index contributed by atoms with van der Waals surface area (Å²) in [5.41, 5.74) is 0.332. The third-order valence-electron chi connectivity index (χ3n) is 4.69. The summed E-state index contributed by atoms with van der Waals surface area (Å²) in [6, 6.07) is 13.9. The Morgan fingerprint density at radius 2 is 1.76 bits per heavy atom. The number of halogens is 1. The summed E-state index contributed by atoms with van der Waals surface area (Å²) < 4.78 is 4.91. The summed E-state index contributed by atoms with van der Waals surface area (Å²) in [5.74, 6) is 0.198. The Morgan fingerprint density at radius 1 is 1.07 bits per heavy atom. The molecule has 148 valence electrons. The largest absolute Gasteiger partial charge is 0.352 e. The summed E-state index contributed by atoms with van der Waals surface area (Å²) in [7, 11) is 0. The van der Waals surface area contributed by atoms with Gasteiger partial charge in [-0.15, -0.1) is 5.10 Å². The van der Waals surface area contributed by atoms with Crippen LogP contribution >= 0.6 is 15.9 Å². The van der Waals surface area contributed by atoms with Crippen LogP contribution in [0.3, 0.4) is 0 Å². The van der Waals surface area contributed by atoms with E-state index in [2.05, 4.69) is 21.0 Å². The van der Waals surface area contributed by atoms with Crippen molar-refractivity contribution in [2.75, 3.05) is 0 Å². The predicted molar refractivity (Wildman–Crippen MR) is 115 cm³/mol. The molecule has 0 aliphatic carbocycles. The van der Waals surface area contributed by atoms with Crippen molar-refractivity contribution in [3.05, 3.63) is 79.4 Å². The van der Waals surface area contributed by atoms with Gasteiger partial charge in [-0.3, -0.25) is 14.2 Å². The lowest BCUT2D eigenvalue weighted by molar-refractivity contribution is 0.0966. The van der Waals surface area contributed by atoms with E-state index in [0.717, 1.165) is 9.15 Å². The first-order chi connectivity index (χ1) is 13.9. The lowest BCUT2D eigenvalue weighted by Crippen LogP contribution is -2.28. The highest BCUT2D eigenvalue weighted by Gasteiger charge is 2.19. The van der Waals surface area contributed by atoms with Crippen molar-refractivity contribution >= 4 is 38.4 Å². The molecule has 0 unspecified atom stereocenters. The SMILES string of the molecule is CC(C)Cn1c(=O)c2ccccc2n2c(=O)n(CC(=O)c3ccc(Br)cc3)nc12. The van der Waals surface area contributed by atoms with Gasteiger partial charge in [-0.1, -0.05) is 54.0 Å². The molecule has 0 saturated heterocycles. The fourth-order valence-corrected chi connectivity index (χ4v) is 3.63. The highest BCUT2D eigenvalue weighted by Crippen LogP contribution is 2.13. The minimum Gasteiger partial charge on any atom is -0.292 e. The Bertz CT molecular complexity index is 1350. The molecule has 0 atom stereocenters. The molecule has 29 heavy (non-hydrogen) atoms. The number of benzene rings is 2. The molecule has 0 bridgehead atoms.